The summed E-state index contributed by atoms with van der Waals surface area (Å²) < 4.78 is 0. The standard InChI is InChI=1S/C13H19NO3/c15-12(11-6-10(11)7-1-2-7)14-9-4-3-8(5-9)13(16)17/h7-11H,1-6H2,(H,14,15)(H,16,17)/t8-,9+,10-,11-/m1/s1. The van der Waals surface area contributed by atoms with Gasteiger partial charge in [0.05, 0.1) is 5.92 Å². The van der Waals surface area contributed by atoms with Gasteiger partial charge in [0.1, 0.15) is 0 Å². The summed E-state index contributed by atoms with van der Waals surface area (Å²) in [5.41, 5.74) is 0. The van der Waals surface area contributed by atoms with Crippen molar-refractivity contribution in [3.63, 3.8) is 0 Å². The molecule has 0 unspecified atom stereocenters. The van der Waals surface area contributed by atoms with Crippen LogP contribution in [0.4, 0.5) is 0 Å². The predicted molar refractivity (Wildman–Crippen MR) is 61.2 cm³/mol. The Morgan fingerprint density at radius 3 is 2.41 bits per heavy atom. The lowest BCUT2D eigenvalue weighted by atomic mass is 10.1. The van der Waals surface area contributed by atoms with Gasteiger partial charge in [-0.2, -0.15) is 0 Å². The summed E-state index contributed by atoms with van der Waals surface area (Å²) in [5.74, 6) is 0.917. The molecule has 0 bridgehead atoms. The largest absolute Gasteiger partial charge is 0.481 e. The topological polar surface area (TPSA) is 66.4 Å². The van der Waals surface area contributed by atoms with Crippen molar-refractivity contribution in [2.75, 3.05) is 0 Å². The van der Waals surface area contributed by atoms with Gasteiger partial charge in [-0.25, -0.2) is 0 Å². The van der Waals surface area contributed by atoms with Crippen LogP contribution in [-0.2, 0) is 9.59 Å². The highest BCUT2D eigenvalue weighted by molar-refractivity contribution is 5.82. The fourth-order valence-electron chi connectivity index (χ4n) is 3.21. The molecule has 4 nitrogen and oxygen atoms in total. The molecule has 94 valence electrons. The molecule has 3 saturated carbocycles. The van der Waals surface area contributed by atoms with Gasteiger partial charge in [0, 0.05) is 12.0 Å². The van der Waals surface area contributed by atoms with E-state index in [-0.39, 0.29) is 23.8 Å². The van der Waals surface area contributed by atoms with E-state index in [0.717, 1.165) is 18.8 Å². The average Bonchev–Trinajstić information content (AvgIpc) is 3.15. The molecular formula is C13H19NO3. The Bertz CT molecular complexity index is 351. The molecule has 0 aromatic heterocycles. The van der Waals surface area contributed by atoms with Crippen LogP contribution < -0.4 is 5.32 Å². The molecule has 3 aliphatic carbocycles. The first-order valence-electron chi connectivity index (χ1n) is 6.68. The molecule has 0 aromatic rings. The molecule has 3 fully saturated rings. The van der Waals surface area contributed by atoms with Crippen molar-refractivity contribution in [2.24, 2.45) is 23.7 Å². The monoisotopic (exact) mass is 237 g/mol. The third-order valence-corrected chi connectivity index (χ3v) is 4.53. The van der Waals surface area contributed by atoms with E-state index in [9.17, 15) is 9.59 Å². The molecule has 2 N–H and O–H groups in total. The van der Waals surface area contributed by atoms with Crippen molar-refractivity contribution >= 4 is 11.9 Å². The fraction of sp³-hybridized carbons (Fsp3) is 0.846. The molecule has 0 aromatic carbocycles. The van der Waals surface area contributed by atoms with Gasteiger partial charge in [-0.15, -0.1) is 0 Å². The third kappa shape index (κ3) is 2.31. The summed E-state index contributed by atoms with van der Waals surface area (Å²) >= 11 is 0. The maximum Gasteiger partial charge on any atom is 0.306 e. The van der Waals surface area contributed by atoms with Crippen molar-refractivity contribution in [2.45, 2.75) is 44.6 Å². The minimum atomic E-state index is -0.718. The number of aliphatic carboxylic acids is 1. The molecule has 0 spiro atoms. The molecule has 3 rings (SSSR count). The first kappa shape index (κ1) is 11.1. The molecule has 4 atom stereocenters. The van der Waals surface area contributed by atoms with Gasteiger partial charge >= 0.3 is 5.97 Å². The van der Waals surface area contributed by atoms with Gasteiger partial charge in [-0.3, -0.25) is 9.59 Å². The number of carbonyl (C=O) groups excluding carboxylic acids is 1. The maximum atomic E-state index is 11.9. The summed E-state index contributed by atoms with van der Waals surface area (Å²) in [6, 6.07) is 0.101. The summed E-state index contributed by atoms with van der Waals surface area (Å²) in [4.78, 5) is 22.7. The van der Waals surface area contributed by atoms with Gasteiger partial charge in [0.25, 0.3) is 0 Å². The molecule has 4 heteroatoms. The smallest absolute Gasteiger partial charge is 0.306 e. The van der Waals surface area contributed by atoms with Crippen molar-refractivity contribution < 1.29 is 14.7 Å². The molecule has 0 saturated heterocycles. The molecular weight excluding hydrogens is 218 g/mol. The molecule has 3 aliphatic rings. The van der Waals surface area contributed by atoms with Gasteiger partial charge < -0.3 is 10.4 Å². The highest BCUT2D eigenvalue weighted by Crippen LogP contribution is 2.54. The average molecular weight is 237 g/mol. The van der Waals surface area contributed by atoms with Crippen molar-refractivity contribution in [1.29, 1.82) is 0 Å². The fourth-order valence-corrected chi connectivity index (χ4v) is 3.21. The summed E-state index contributed by atoms with van der Waals surface area (Å²) in [7, 11) is 0. The maximum absolute atomic E-state index is 11.9. The van der Waals surface area contributed by atoms with Gasteiger partial charge in [0.15, 0.2) is 0 Å². The molecule has 17 heavy (non-hydrogen) atoms. The van der Waals surface area contributed by atoms with Crippen LogP contribution in [0.1, 0.15) is 38.5 Å². The van der Waals surface area contributed by atoms with E-state index in [4.69, 9.17) is 5.11 Å². The van der Waals surface area contributed by atoms with Crippen molar-refractivity contribution in [1.82, 2.24) is 5.32 Å². The first-order valence-corrected chi connectivity index (χ1v) is 6.68. The third-order valence-electron chi connectivity index (χ3n) is 4.53. The number of carboxylic acids is 1. The molecule has 0 radical (unpaired) electrons. The number of hydrogen-bond donors (Lipinski definition) is 2. The Kier molecular flexibility index (Phi) is 2.60. The number of carboxylic acid groups (broad SMARTS) is 1. The number of amides is 1. The second kappa shape index (κ2) is 4.00. The Hall–Kier alpha value is -1.06. The summed E-state index contributed by atoms with van der Waals surface area (Å²) in [5, 5.41) is 11.9. The van der Waals surface area contributed by atoms with Gasteiger partial charge in [0.2, 0.25) is 5.91 Å². The van der Waals surface area contributed by atoms with Crippen LogP contribution >= 0.6 is 0 Å². The van der Waals surface area contributed by atoms with E-state index in [1.807, 2.05) is 0 Å². The minimum absolute atomic E-state index is 0.101. The molecule has 0 heterocycles. The first-order chi connectivity index (χ1) is 8.15. The van der Waals surface area contributed by atoms with Crippen LogP contribution in [0.15, 0.2) is 0 Å². The number of rotatable bonds is 4. The lowest BCUT2D eigenvalue weighted by Gasteiger charge is -2.12. The van der Waals surface area contributed by atoms with E-state index in [0.29, 0.717) is 18.8 Å². The highest BCUT2D eigenvalue weighted by Gasteiger charge is 2.51. The van der Waals surface area contributed by atoms with E-state index >= 15 is 0 Å². The summed E-state index contributed by atoms with van der Waals surface area (Å²) in [6.45, 7) is 0. The SMILES string of the molecule is O=C(O)[C@@H]1CC[C@H](NC(=O)[C@@H]2C[C@@H]2C2CC2)C1. The van der Waals surface area contributed by atoms with E-state index < -0.39 is 5.97 Å². The number of carbonyl (C=O) groups is 2. The molecule has 0 aliphatic heterocycles. The van der Waals surface area contributed by atoms with Crippen LogP contribution in [0.2, 0.25) is 0 Å². The number of nitrogens with one attached hydrogen (secondary N) is 1. The zero-order valence-electron chi connectivity index (χ0n) is 9.89. The Morgan fingerprint density at radius 2 is 1.82 bits per heavy atom. The van der Waals surface area contributed by atoms with Crippen LogP contribution in [0.5, 0.6) is 0 Å². The normalized spacial score (nSPS) is 40.0. The van der Waals surface area contributed by atoms with Gasteiger partial charge in [-0.05, 0) is 50.4 Å². The van der Waals surface area contributed by atoms with Crippen molar-refractivity contribution in [3.8, 4) is 0 Å². The highest BCUT2D eigenvalue weighted by atomic mass is 16.4. The van der Waals surface area contributed by atoms with E-state index in [1.54, 1.807) is 0 Å². The second-order valence-electron chi connectivity index (χ2n) is 5.90. The zero-order chi connectivity index (χ0) is 12.0. The minimum Gasteiger partial charge on any atom is -0.481 e. The van der Waals surface area contributed by atoms with Crippen LogP contribution in [0.3, 0.4) is 0 Å². The van der Waals surface area contributed by atoms with E-state index in [1.165, 1.54) is 12.8 Å². The summed E-state index contributed by atoms with van der Waals surface area (Å²) in [6.07, 6.45) is 5.81. The van der Waals surface area contributed by atoms with Crippen LogP contribution in [0, 0.1) is 23.7 Å². The number of hydrogen-bond acceptors (Lipinski definition) is 2. The lowest BCUT2D eigenvalue weighted by molar-refractivity contribution is -0.141. The van der Waals surface area contributed by atoms with Crippen LogP contribution in [-0.4, -0.2) is 23.0 Å². The Morgan fingerprint density at radius 1 is 1.06 bits per heavy atom. The zero-order valence-corrected chi connectivity index (χ0v) is 9.89. The van der Waals surface area contributed by atoms with E-state index in [2.05, 4.69) is 5.32 Å². The van der Waals surface area contributed by atoms with Crippen LogP contribution in [0.25, 0.3) is 0 Å². The quantitative estimate of drug-likeness (QED) is 0.776. The predicted octanol–water partition coefficient (Wildman–Crippen LogP) is 1.40. The van der Waals surface area contributed by atoms with Crippen molar-refractivity contribution in [3.05, 3.63) is 0 Å². The molecule has 1 amide bonds. The Balaban J connectivity index is 1.45. The van der Waals surface area contributed by atoms with Gasteiger partial charge in [-0.1, -0.05) is 0 Å². The Labute approximate surface area is 101 Å². The lowest BCUT2D eigenvalue weighted by Crippen LogP contribution is -2.34. The second-order valence-corrected chi connectivity index (χ2v) is 5.90.